The fraction of sp³-hybridized carbons (Fsp3) is 0.167. The van der Waals surface area contributed by atoms with E-state index in [9.17, 15) is 4.79 Å². The van der Waals surface area contributed by atoms with E-state index in [2.05, 4.69) is 4.98 Å². The predicted molar refractivity (Wildman–Crippen MR) is 32.7 cm³/mol. The molecule has 0 atom stereocenters. The first-order valence-electron chi connectivity index (χ1n) is 2.55. The molecule has 0 unspecified atom stereocenters. The summed E-state index contributed by atoms with van der Waals surface area (Å²) in [5.74, 6) is 0.608. The van der Waals surface area contributed by atoms with Crippen LogP contribution in [-0.2, 0) is 0 Å². The van der Waals surface area contributed by atoms with E-state index in [0.29, 0.717) is 11.6 Å². The number of aromatic nitrogens is 1. The lowest BCUT2D eigenvalue weighted by molar-refractivity contribution is 0.111. The fourth-order valence-corrected chi connectivity index (χ4v) is 0.579. The van der Waals surface area contributed by atoms with E-state index in [1.165, 1.54) is 0 Å². The molecule has 0 spiro atoms. The molecule has 3 nitrogen and oxygen atoms in total. The van der Waals surface area contributed by atoms with Gasteiger partial charge in [0.05, 0.1) is 12.8 Å². The Hall–Kier alpha value is -1.25. The molecular formula is C6H7NO2. The van der Waals surface area contributed by atoms with E-state index >= 15 is 0 Å². The van der Waals surface area contributed by atoms with Crippen molar-refractivity contribution in [2.75, 3.05) is 7.11 Å². The molecular weight excluding hydrogens is 118 g/mol. The van der Waals surface area contributed by atoms with Crippen molar-refractivity contribution in [3.63, 3.8) is 0 Å². The minimum atomic E-state index is 0.534. The van der Waals surface area contributed by atoms with Crippen LogP contribution in [0.15, 0.2) is 12.1 Å². The maximum Gasteiger partial charge on any atom is 0.190 e. The molecule has 0 saturated heterocycles. The first-order chi connectivity index (χ1) is 4.36. The van der Waals surface area contributed by atoms with E-state index in [4.69, 9.17) is 4.74 Å². The average molecular weight is 125 g/mol. The van der Waals surface area contributed by atoms with E-state index in [-0.39, 0.29) is 0 Å². The zero-order chi connectivity index (χ0) is 6.69. The third-order valence-electron chi connectivity index (χ3n) is 1.03. The summed E-state index contributed by atoms with van der Waals surface area (Å²) in [6.45, 7) is 0. The van der Waals surface area contributed by atoms with Crippen molar-refractivity contribution in [2.45, 2.75) is 0 Å². The Labute approximate surface area is 52.6 Å². The van der Waals surface area contributed by atoms with Crippen LogP contribution in [-0.4, -0.2) is 18.4 Å². The van der Waals surface area contributed by atoms with Gasteiger partial charge in [0, 0.05) is 6.07 Å². The lowest BCUT2D eigenvalue weighted by Gasteiger charge is -1.89. The molecule has 1 rings (SSSR count). The molecule has 0 aromatic carbocycles. The van der Waals surface area contributed by atoms with Gasteiger partial charge in [0.1, 0.15) is 0 Å². The maximum atomic E-state index is 10.0. The zero-order valence-corrected chi connectivity index (χ0v) is 5.05. The minimum Gasteiger partial charge on any atom is -0.482 e. The molecule has 9 heavy (non-hydrogen) atoms. The largest absolute Gasteiger partial charge is 0.482 e. The SMILES string of the molecule is COc1ccc(C=O)[nH]1. The minimum absolute atomic E-state index is 0.534. The number of hydrogen-bond acceptors (Lipinski definition) is 2. The number of hydrogen-bond donors (Lipinski definition) is 1. The molecule has 3 heteroatoms. The lowest BCUT2D eigenvalue weighted by Crippen LogP contribution is -1.82. The van der Waals surface area contributed by atoms with Gasteiger partial charge in [0.2, 0.25) is 0 Å². The second-order valence-corrected chi connectivity index (χ2v) is 1.60. The van der Waals surface area contributed by atoms with Gasteiger partial charge in [-0.1, -0.05) is 0 Å². The number of carbonyl (C=O) groups excluding carboxylic acids is 1. The highest BCUT2D eigenvalue weighted by molar-refractivity contribution is 5.72. The van der Waals surface area contributed by atoms with Crippen LogP contribution in [0.3, 0.4) is 0 Å². The number of H-pyrrole nitrogens is 1. The van der Waals surface area contributed by atoms with E-state index < -0.39 is 0 Å². The number of rotatable bonds is 2. The van der Waals surface area contributed by atoms with Crippen LogP contribution in [0, 0.1) is 0 Å². The molecule has 0 fully saturated rings. The van der Waals surface area contributed by atoms with Gasteiger partial charge < -0.3 is 9.72 Å². The first kappa shape index (κ1) is 5.88. The highest BCUT2D eigenvalue weighted by Crippen LogP contribution is 2.06. The Morgan fingerprint density at radius 3 is 2.78 bits per heavy atom. The van der Waals surface area contributed by atoms with Crippen molar-refractivity contribution in [1.82, 2.24) is 4.98 Å². The van der Waals surface area contributed by atoms with Gasteiger partial charge >= 0.3 is 0 Å². The van der Waals surface area contributed by atoms with Crippen LogP contribution in [0.2, 0.25) is 0 Å². The zero-order valence-electron chi connectivity index (χ0n) is 5.05. The Bertz CT molecular complexity index is 205. The summed E-state index contributed by atoms with van der Waals surface area (Å²) >= 11 is 0. The van der Waals surface area contributed by atoms with Gasteiger partial charge in [-0.25, -0.2) is 0 Å². The summed E-state index contributed by atoms with van der Waals surface area (Å²) < 4.78 is 4.78. The van der Waals surface area contributed by atoms with Crippen molar-refractivity contribution in [1.29, 1.82) is 0 Å². The third kappa shape index (κ3) is 1.10. The van der Waals surface area contributed by atoms with Crippen LogP contribution >= 0.6 is 0 Å². The summed E-state index contributed by atoms with van der Waals surface area (Å²) in [6, 6.07) is 3.36. The number of aromatic amines is 1. The van der Waals surface area contributed by atoms with Crippen LogP contribution in [0.1, 0.15) is 10.5 Å². The maximum absolute atomic E-state index is 10.0. The Kier molecular flexibility index (Phi) is 1.53. The number of methoxy groups -OCH3 is 1. The number of carbonyl (C=O) groups is 1. The molecule has 1 N–H and O–H groups in total. The van der Waals surface area contributed by atoms with Gasteiger partial charge in [-0.2, -0.15) is 0 Å². The van der Waals surface area contributed by atoms with Gasteiger partial charge in [-0.15, -0.1) is 0 Å². The molecule has 0 amide bonds. The summed E-state index contributed by atoms with van der Waals surface area (Å²) in [7, 11) is 1.54. The monoisotopic (exact) mass is 125 g/mol. The van der Waals surface area contributed by atoms with Gasteiger partial charge in [-0.05, 0) is 6.07 Å². The molecule has 1 aromatic heterocycles. The number of aldehydes is 1. The molecule has 0 saturated carbocycles. The summed E-state index contributed by atoms with van der Waals surface area (Å²) in [6.07, 6.45) is 0.739. The van der Waals surface area contributed by atoms with Crippen molar-refractivity contribution in [3.05, 3.63) is 17.8 Å². The van der Waals surface area contributed by atoms with Crippen molar-refractivity contribution < 1.29 is 9.53 Å². The van der Waals surface area contributed by atoms with Gasteiger partial charge in [0.15, 0.2) is 12.2 Å². The molecule has 0 radical (unpaired) electrons. The second kappa shape index (κ2) is 2.35. The Balaban J connectivity index is 2.86. The van der Waals surface area contributed by atoms with Crippen molar-refractivity contribution in [3.8, 4) is 5.88 Å². The lowest BCUT2D eigenvalue weighted by atomic mass is 10.5. The highest BCUT2D eigenvalue weighted by Gasteiger charge is 1.93. The summed E-state index contributed by atoms with van der Waals surface area (Å²) in [5, 5.41) is 0. The molecule has 0 aliphatic rings. The normalized spacial score (nSPS) is 9.00. The average Bonchev–Trinajstić information content (AvgIpc) is 2.34. The van der Waals surface area contributed by atoms with E-state index in [1.807, 2.05) is 0 Å². The molecule has 0 aliphatic heterocycles. The smallest absolute Gasteiger partial charge is 0.190 e. The highest BCUT2D eigenvalue weighted by atomic mass is 16.5. The topological polar surface area (TPSA) is 42.1 Å². The van der Waals surface area contributed by atoms with Crippen LogP contribution in [0.4, 0.5) is 0 Å². The Morgan fingerprint density at radius 1 is 1.67 bits per heavy atom. The van der Waals surface area contributed by atoms with E-state index in [0.717, 1.165) is 6.29 Å². The number of ether oxygens (including phenoxy) is 1. The van der Waals surface area contributed by atoms with Crippen molar-refractivity contribution >= 4 is 6.29 Å². The van der Waals surface area contributed by atoms with Crippen molar-refractivity contribution in [2.24, 2.45) is 0 Å². The van der Waals surface area contributed by atoms with E-state index in [1.54, 1.807) is 19.2 Å². The quantitative estimate of drug-likeness (QED) is 0.595. The number of nitrogens with one attached hydrogen (secondary N) is 1. The molecule has 48 valence electrons. The first-order valence-corrected chi connectivity index (χ1v) is 2.55. The molecule has 0 aliphatic carbocycles. The molecule has 1 aromatic rings. The predicted octanol–water partition coefficient (Wildman–Crippen LogP) is 0.836. The Morgan fingerprint density at radius 2 is 2.44 bits per heavy atom. The van der Waals surface area contributed by atoms with Gasteiger partial charge in [0.25, 0.3) is 0 Å². The third-order valence-corrected chi connectivity index (χ3v) is 1.03. The standard InChI is InChI=1S/C6H7NO2/c1-9-6-3-2-5(4-8)7-6/h2-4,7H,1H3. The van der Waals surface area contributed by atoms with Crippen LogP contribution < -0.4 is 4.74 Å². The molecule has 0 bridgehead atoms. The van der Waals surface area contributed by atoms with Gasteiger partial charge in [-0.3, -0.25) is 4.79 Å². The second-order valence-electron chi connectivity index (χ2n) is 1.60. The van der Waals surface area contributed by atoms with Crippen LogP contribution in [0.25, 0.3) is 0 Å². The van der Waals surface area contributed by atoms with Crippen LogP contribution in [0.5, 0.6) is 5.88 Å². The summed E-state index contributed by atoms with van der Waals surface area (Å²) in [5.41, 5.74) is 0.534. The molecule has 1 heterocycles. The fourth-order valence-electron chi connectivity index (χ4n) is 0.579. The summed E-state index contributed by atoms with van der Waals surface area (Å²) in [4.78, 5) is 12.8.